The minimum atomic E-state index is -0.507. The highest BCUT2D eigenvalue weighted by Gasteiger charge is 2.35. The van der Waals surface area contributed by atoms with Crippen LogP contribution in [0, 0.1) is 5.92 Å². The Bertz CT molecular complexity index is 455. The summed E-state index contributed by atoms with van der Waals surface area (Å²) in [7, 11) is 0. The molecular formula is C18H33N3O3. The van der Waals surface area contributed by atoms with E-state index in [-0.39, 0.29) is 18.0 Å². The van der Waals surface area contributed by atoms with Gasteiger partial charge in [-0.1, -0.05) is 19.3 Å². The third-order valence-electron chi connectivity index (χ3n) is 5.01. The second kappa shape index (κ2) is 7.72. The number of carbonyl (C=O) groups excluding carboxylic acids is 2. The van der Waals surface area contributed by atoms with E-state index >= 15 is 0 Å². The summed E-state index contributed by atoms with van der Waals surface area (Å²) in [6, 6.07) is -0.457. The Morgan fingerprint density at radius 3 is 2.29 bits per heavy atom. The van der Waals surface area contributed by atoms with Crippen LogP contribution >= 0.6 is 0 Å². The van der Waals surface area contributed by atoms with Gasteiger partial charge in [0, 0.05) is 25.7 Å². The minimum Gasteiger partial charge on any atom is -0.444 e. The molecule has 24 heavy (non-hydrogen) atoms. The van der Waals surface area contributed by atoms with Gasteiger partial charge in [0.15, 0.2) is 0 Å². The number of rotatable bonds is 2. The zero-order valence-electron chi connectivity index (χ0n) is 15.6. The number of carbonyl (C=O) groups is 2. The molecule has 1 heterocycles. The number of nitrogens with zero attached hydrogens (tertiary/aromatic N) is 2. The molecule has 0 spiro atoms. The molecule has 2 amide bonds. The Hall–Kier alpha value is -1.30. The molecule has 6 nitrogen and oxygen atoms in total. The Labute approximate surface area is 145 Å². The van der Waals surface area contributed by atoms with Gasteiger partial charge in [-0.25, -0.2) is 4.79 Å². The fourth-order valence-corrected chi connectivity index (χ4v) is 3.66. The van der Waals surface area contributed by atoms with Gasteiger partial charge in [-0.3, -0.25) is 4.79 Å². The molecule has 2 fully saturated rings. The average Bonchev–Trinajstić information content (AvgIpc) is 2.52. The lowest BCUT2D eigenvalue weighted by Gasteiger charge is -2.41. The highest BCUT2D eigenvalue weighted by molar-refractivity contribution is 5.82. The highest BCUT2D eigenvalue weighted by Crippen LogP contribution is 2.27. The fourth-order valence-electron chi connectivity index (χ4n) is 3.66. The van der Waals surface area contributed by atoms with Crippen LogP contribution in [0.2, 0.25) is 0 Å². The van der Waals surface area contributed by atoms with Crippen LogP contribution in [0.25, 0.3) is 0 Å². The molecule has 1 saturated carbocycles. The Balaban J connectivity index is 1.89. The first-order chi connectivity index (χ1) is 11.2. The smallest absolute Gasteiger partial charge is 0.410 e. The summed E-state index contributed by atoms with van der Waals surface area (Å²) < 4.78 is 5.44. The van der Waals surface area contributed by atoms with Crippen molar-refractivity contribution >= 4 is 12.0 Å². The van der Waals surface area contributed by atoms with Gasteiger partial charge < -0.3 is 20.3 Å². The quantitative estimate of drug-likeness (QED) is 0.838. The molecule has 0 aromatic carbocycles. The van der Waals surface area contributed by atoms with Gasteiger partial charge in [-0.2, -0.15) is 0 Å². The SMILES string of the molecule is C[C@H]1CN(C(=O)[C@@H](N)C2CCCCC2)CCN1C(=O)OC(C)(C)C. The third-order valence-corrected chi connectivity index (χ3v) is 5.01. The molecule has 0 radical (unpaired) electrons. The maximum absolute atomic E-state index is 12.7. The summed E-state index contributed by atoms with van der Waals surface area (Å²) in [6.45, 7) is 9.09. The van der Waals surface area contributed by atoms with Gasteiger partial charge in [-0.15, -0.1) is 0 Å². The molecule has 1 aliphatic carbocycles. The molecular weight excluding hydrogens is 306 g/mol. The van der Waals surface area contributed by atoms with Crippen molar-refractivity contribution < 1.29 is 14.3 Å². The van der Waals surface area contributed by atoms with Gasteiger partial charge in [0.05, 0.1) is 6.04 Å². The molecule has 0 aromatic heterocycles. The van der Waals surface area contributed by atoms with E-state index in [2.05, 4.69) is 0 Å². The van der Waals surface area contributed by atoms with Crippen LogP contribution in [0.3, 0.4) is 0 Å². The molecule has 6 heteroatoms. The number of nitrogens with two attached hydrogens (primary N) is 1. The second-order valence-electron chi connectivity index (χ2n) is 8.23. The molecule has 2 atom stereocenters. The second-order valence-corrected chi connectivity index (χ2v) is 8.23. The van der Waals surface area contributed by atoms with Crippen molar-refractivity contribution in [2.45, 2.75) is 77.5 Å². The fraction of sp³-hybridized carbons (Fsp3) is 0.889. The number of amides is 2. The summed E-state index contributed by atoms with van der Waals surface area (Å²) in [5.74, 6) is 0.350. The number of hydrogen-bond acceptors (Lipinski definition) is 4. The first-order valence-electron chi connectivity index (χ1n) is 9.23. The van der Waals surface area contributed by atoms with Gasteiger partial charge in [0.25, 0.3) is 0 Å². The molecule has 2 aliphatic rings. The summed E-state index contributed by atoms with van der Waals surface area (Å²) in [5.41, 5.74) is 5.74. The Kier molecular flexibility index (Phi) is 6.12. The monoisotopic (exact) mass is 339 g/mol. The molecule has 1 aliphatic heterocycles. The number of ether oxygens (including phenoxy) is 1. The van der Waals surface area contributed by atoms with E-state index in [4.69, 9.17) is 10.5 Å². The zero-order valence-corrected chi connectivity index (χ0v) is 15.6. The van der Waals surface area contributed by atoms with E-state index in [0.717, 1.165) is 12.8 Å². The van der Waals surface area contributed by atoms with E-state index < -0.39 is 11.6 Å². The summed E-state index contributed by atoms with van der Waals surface area (Å²) in [5, 5.41) is 0. The first-order valence-corrected chi connectivity index (χ1v) is 9.23. The molecule has 1 saturated heterocycles. The Morgan fingerprint density at radius 2 is 1.75 bits per heavy atom. The van der Waals surface area contributed by atoms with Gasteiger partial charge >= 0.3 is 6.09 Å². The van der Waals surface area contributed by atoms with Crippen LogP contribution < -0.4 is 5.73 Å². The van der Waals surface area contributed by atoms with Crippen LogP contribution in [0.5, 0.6) is 0 Å². The van der Waals surface area contributed by atoms with Gasteiger partial charge in [-0.05, 0) is 46.5 Å². The van der Waals surface area contributed by atoms with Crippen molar-refractivity contribution in [1.29, 1.82) is 0 Å². The lowest BCUT2D eigenvalue weighted by atomic mass is 9.83. The Morgan fingerprint density at radius 1 is 1.12 bits per heavy atom. The van der Waals surface area contributed by atoms with Gasteiger partial charge in [0.2, 0.25) is 5.91 Å². The van der Waals surface area contributed by atoms with E-state index in [0.29, 0.717) is 25.6 Å². The van der Waals surface area contributed by atoms with Crippen LogP contribution in [-0.2, 0) is 9.53 Å². The summed E-state index contributed by atoms with van der Waals surface area (Å²) in [6.07, 6.45) is 5.41. The predicted molar refractivity (Wildman–Crippen MR) is 93.5 cm³/mol. The van der Waals surface area contributed by atoms with Crippen LogP contribution in [0.1, 0.15) is 59.8 Å². The predicted octanol–water partition coefficient (Wildman–Crippen LogP) is 2.36. The molecule has 2 rings (SSSR count). The van der Waals surface area contributed by atoms with E-state index in [1.165, 1.54) is 19.3 Å². The van der Waals surface area contributed by atoms with Crippen molar-refractivity contribution in [3.8, 4) is 0 Å². The molecule has 0 bridgehead atoms. The number of piperazine rings is 1. The van der Waals surface area contributed by atoms with Crippen LogP contribution in [0.15, 0.2) is 0 Å². The molecule has 0 unspecified atom stereocenters. The summed E-state index contributed by atoms with van der Waals surface area (Å²) in [4.78, 5) is 28.5. The maximum Gasteiger partial charge on any atom is 0.410 e. The van der Waals surface area contributed by atoms with Crippen LogP contribution in [0.4, 0.5) is 4.79 Å². The molecule has 2 N–H and O–H groups in total. The molecule has 0 aromatic rings. The standard InChI is InChI=1S/C18H33N3O3/c1-13-12-20(10-11-21(13)17(23)24-18(2,3)4)16(22)15(19)14-8-6-5-7-9-14/h13-15H,5-12,19H2,1-4H3/t13-,15-/m0/s1. The van der Waals surface area contributed by atoms with Crippen molar-refractivity contribution in [1.82, 2.24) is 9.80 Å². The van der Waals surface area contributed by atoms with E-state index in [9.17, 15) is 9.59 Å². The van der Waals surface area contributed by atoms with E-state index in [1.54, 1.807) is 4.90 Å². The largest absolute Gasteiger partial charge is 0.444 e. The number of hydrogen-bond donors (Lipinski definition) is 1. The molecule has 138 valence electrons. The summed E-state index contributed by atoms with van der Waals surface area (Å²) >= 11 is 0. The van der Waals surface area contributed by atoms with Crippen molar-refractivity contribution in [3.05, 3.63) is 0 Å². The zero-order chi connectivity index (χ0) is 17.9. The van der Waals surface area contributed by atoms with Crippen molar-refractivity contribution in [3.63, 3.8) is 0 Å². The minimum absolute atomic E-state index is 0.0394. The first kappa shape index (κ1) is 19.0. The van der Waals surface area contributed by atoms with Crippen molar-refractivity contribution in [2.24, 2.45) is 11.7 Å². The van der Waals surface area contributed by atoms with Gasteiger partial charge in [0.1, 0.15) is 5.60 Å². The highest BCUT2D eigenvalue weighted by atomic mass is 16.6. The van der Waals surface area contributed by atoms with Crippen LogP contribution in [-0.4, -0.2) is 59.1 Å². The van der Waals surface area contributed by atoms with Crippen molar-refractivity contribution in [2.75, 3.05) is 19.6 Å². The lowest BCUT2D eigenvalue weighted by molar-refractivity contribution is -0.137. The lowest BCUT2D eigenvalue weighted by Crippen LogP contribution is -2.59. The van der Waals surface area contributed by atoms with E-state index in [1.807, 2.05) is 32.6 Å². The maximum atomic E-state index is 12.7. The normalized spacial score (nSPS) is 24.6. The average molecular weight is 339 g/mol. The third kappa shape index (κ3) is 4.85. The topological polar surface area (TPSA) is 75.9 Å².